The van der Waals surface area contributed by atoms with Crippen LogP contribution in [0.5, 0.6) is 0 Å². The molecular weight excluding hydrogens is 228 g/mol. The minimum atomic E-state index is 0.0813. The summed E-state index contributed by atoms with van der Waals surface area (Å²) in [6.45, 7) is 5.64. The zero-order chi connectivity index (χ0) is 13.5. The van der Waals surface area contributed by atoms with Gasteiger partial charge in [-0.3, -0.25) is 4.79 Å². The van der Waals surface area contributed by atoms with E-state index < -0.39 is 0 Å². The van der Waals surface area contributed by atoms with E-state index in [9.17, 15) is 4.79 Å². The van der Waals surface area contributed by atoms with Gasteiger partial charge in [0.1, 0.15) is 11.8 Å². The van der Waals surface area contributed by atoms with Gasteiger partial charge in [0.15, 0.2) is 0 Å². The third kappa shape index (κ3) is 3.45. The minimum Gasteiger partial charge on any atom is -0.365 e. The van der Waals surface area contributed by atoms with Crippen LogP contribution in [0.2, 0.25) is 0 Å². The van der Waals surface area contributed by atoms with Gasteiger partial charge in [0.25, 0.3) is 0 Å². The molecule has 0 radical (unpaired) electrons. The Bertz CT molecular complexity index is 449. The van der Waals surface area contributed by atoms with Crippen molar-refractivity contribution in [3.63, 3.8) is 0 Å². The van der Waals surface area contributed by atoms with Crippen molar-refractivity contribution < 1.29 is 4.79 Å². The maximum absolute atomic E-state index is 11.9. The molecule has 0 unspecified atom stereocenters. The average Bonchev–Trinajstić information content (AvgIpc) is 2.40. The number of likely N-dealkylation sites (N-methyl/N-ethyl adjacent to an activating group) is 2. The lowest BCUT2D eigenvalue weighted by Gasteiger charge is -2.24. The van der Waals surface area contributed by atoms with Crippen molar-refractivity contribution in [2.75, 3.05) is 31.6 Å². The van der Waals surface area contributed by atoms with E-state index in [0.717, 1.165) is 5.69 Å². The van der Waals surface area contributed by atoms with Crippen LogP contribution in [0.15, 0.2) is 18.3 Å². The van der Waals surface area contributed by atoms with E-state index in [1.165, 1.54) is 0 Å². The van der Waals surface area contributed by atoms with E-state index in [0.29, 0.717) is 25.3 Å². The van der Waals surface area contributed by atoms with Crippen LogP contribution in [-0.4, -0.2) is 42.5 Å². The predicted molar refractivity (Wildman–Crippen MR) is 70.2 cm³/mol. The Labute approximate surface area is 108 Å². The fourth-order valence-electron chi connectivity index (χ4n) is 1.69. The third-order valence-corrected chi connectivity index (χ3v) is 2.79. The lowest BCUT2D eigenvalue weighted by Crippen LogP contribution is -2.38. The highest BCUT2D eigenvalue weighted by molar-refractivity contribution is 5.81. The average molecular weight is 246 g/mol. The summed E-state index contributed by atoms with van der Waals surface area (Å²) in [4.78, 5) is 19.5. The highest BCUT2D eigenvalue weighted by Gasteiger charge is 2.13. The van der Waals surface area contributed by atoms with Crippen LogP contribution in [0.3, 0.4) is 0 Å². The Kier molecular flexibility index (Phi) is 5.12. The number of amides is 1. The number of aromatic nitrogens is 1. The maximum atomic E-state index is 11.9. The highest BCUT2D eigenvalue weighted by Crippen LogP contribution is 2.12. The highest BCUT2D eigenvalue weighted by atomic mass is 16.2. The van der Waals surface area contributed by atoms with Crippen LogP contribution in [0.4, 0.5) is 5.69 Å². The Balaban J connectivity index is 2.73. The Morgan fingerprint density at radius 2 is 2.11 bits per heavy atom. The summed E-state index contributed by atoms with van der Waals surface area (Å²) in [5.41, 5.74) is 1.18. The molecule has 0 atom stereocenters. The molecule has 0 aromatic carbocycles. The smallest absolute Gasteiger partial charge is 0.242 e. The van der Waals surface area contributed by atoms with Crippen molar-refractivity contribution >= 4 is 11.6 Å². The molecule has 96 valence electrons. The van der Waals surface area contributed by atoms with Crippen molar-refractivity contribution in [1.82, 2.24) is 9.88 Å². The second kappa shape index (κ2) is 6.60. The van der Waals surface area contributed by atoms with E-state index in [4.69, 9.17) is 5.26 Å². The molecule has 0 aliphatic rings. The number of rotatable bonds is 5. The summed E-state index contributed by atoms with van der Waals surface area (Å²) in [5.74, 6) is 0.0813. The van der Waals surface area contributed by atoms with Crippen LogP contribution in [0.1, 0.15) is 19.5 Å². The molecule has 0 saturated heterocycles. The first-order valence-electron chi connectivity index (χ1n) is 5.97. The van der Waals surface area contributed by atoms with Gasteiger partial charge in [-0.2, -0.15) is 5.26 Å². The first-order valence-corrected chi connectivity index (χ1v) is 5.97. The molecule has 1 aromatic rings. The van der Waals surface area contributed by atoms with Crippen LogP contribution >= 0.6 is 0 Å². The molecule has 0 bridgehead atoms. The molecule has 1 rings (SSSR count). The number of carbonyl (C=O) groups is 1. The number of nitrogens with zero attached hydrogens (tertiary/aromatic N) is 4. The summed E-state index contributed by atoms with van der Waals surface area (Å²) < 4.78 is 0. The third-order valence-electron chi connectivity index (χ3n) is 2.79. The Morgan fingerprint density at radius 1 is 1.44 bits per heavy atom. The molecule has 0 N–H and O–H groups in total. The lowest BCUT2D eigenvalue weighted by molar-refractivity contribution is -0.129. The van der Waals surface area contributed by atoms with Gasteiger partial charge < -0.3 is 9.80 Å². The Hall–Kier alpha value is -2.09. The van der Waals surface area contributed by atoms with Gasteiger partial charge in [-0.05, 0) is 26.0 Å². The summed E-state index contributed by atoms with van der Waals surface area (Å²) >= 11 is 0. The van der Waals surface area contributed by atoms with Crippen molar-refractivity contribution in [2.45, 2.75) is 13.8 Å². The van der Waals surface area contributed by atoms with Gasteiger partial charge in [0.05, 0.1) is 6.54 Å². The van der Waals surface area contributed by atoms with Crippen LogP contribution in [0, 0.1) is 11.3 Å². The molecule has 0 fully saturated rings. The van der Waals surface area contributed by atoms with E-state index in [1.54, 1.807) is 23.2 Å². The fraction of sp³-hybridized carbons (Fsp3) is 0.462. The molecule has 0 spiro atoms. The van der Waals surface area contributed by atoms with Crippen LogP contribution in [-0.2, 0) is 4.79 Å². The first kappa shape index (κ1) is 14.0. The zero-order valence-corrected chi connectivity index (χ0v) is 11.1. The fourth-order valence-corrected chi connectivity index (χ4v) is 1.69. The second-order valence-electron chi connectivity index (χ2n) is 3.93. The molecular formula is C13H18N4O. The monoisotopic (exact) mass is 246 g/mol. The summed E-state index contributed by atoms with van der Waals surface area (Å²) in [7, 11) is 1.83. The Morgan fingerprint density at radius 3 is 2.67 bits per heavy atom. The number of nitriles is 1. The van der Waals surface area contributed by atoms with Crippen LogP contribution in [0.25, 0.3) is 0 Å². The largest absolute Gasteiger partial charge is 0.365 e. The van der Waals surface area contributed by atoms with Crippen molar-refractivity contribution in [3.8, 4) is 6.07 Å². The molecule has 5 heteroatoms. The quantitative estimate of drug-likeness (QED) is 0.784. The summed E-state index contributed by atoms with van der Waals surface area (Å²) in [6.07, 6.45) is 1.58. The standard InChI is InChI=1S/C13H18N4O/c1-4-17(5-2)13(18)10-16(3)12-6-7-15-11(8-12)9-14/h6-8H,4-5,10H2,1-3H3. The molecule has 18 heavy (non-hydrogen) atoms. The number of hydrogen-bond donors (Lipinski definition) is 0. The van der Waals surface area contributed by atoms with E-state index in [-0.39, 0.29) is 5.91 Å². The lowest BCUT2D eigenvalue weighted by atomic mass is 10.3. The molecule has 1 aromatic heterocycles. The van der Waals surface area contributed by atoms with Gasteiger partial charge in [-0.15, -0.1) is 0 Å². The molecule has 5 nitrogen and oxygen atoms in total. The van der Waals surface area contributed by atoms with E-state index in [2.05, 4.69) is 4.98 Å². The van der Waals surface area contributed by atoms with Crippen molar-refractivity contribution in [1.29, 1.82) is 5.26 Å². The van der Waals surface area contributed by atoms with Crippen molar-refractivity contribution in [2.24, 2.45) is 0 Å². The summed E-state index contributed by atoms with van der Waals surface area (Å²) in [6, 6.07) is 5.45. The van der Waals surface area contributed by atoms with Gasteiger partial charge >= 0.3 is 0 Å². The maximum Gasteiger partial charge on any atom is 0.242 e. The predicted octanol–water partition coefficient (Wildman–Crippen LogP) is 1.26. The topological polar surface area (TPSA) is 60.2 Å². The van der Waals surface area contributed by atoms with E-state index >= 15 is 0 Å². The second-order valence-corrected chi connectivity index (χ2v) is 3.93. The van der Waals surface area contributed by atoms with Crippen LogP contribution < -0.4 is 4.90 Å². The number of anilines is 1. The SMILES string of the molecule is CCN(CC)C(=O)CN(C)c1ccnc(C#N)c1. The molecule has 1 heterocycles. The summed E-state index contributed by atoms with van der Waals surface area (Å²) in [5, 5.41) is 8.78. The minimum absolute atomic E-state index is 0.0813. The zero-order valence-electron chi connectivity index (χ0n) is 11.1. The molecule has 0 aliphatic carbocycles. The van der Waals surface area contributed by atoms with Crippen molar-refractivity contribution in [3.05, 3.63) is 24.0 Å². The van der Waals surface area contributed by atoms with E-state index in [1.807, 2.05) is 31.9 Å². The van der Waals surface area contributed by atoms with Gasteiger partial charge in [-0.25, -0.2) is 4.98 Å². The van der Waals surface area contributed by atoms with Gasteiger partial charge in [-0.1, -0.05) is 0 Å². The van der Waals surface area contributed by atoms with Gasteiger partial charge in [0, 0.05) is 32.0 Å². The first-order chi connectivity index (χ1) is 8.62. The normalized spacial score (nSPS) is 9.67. The molecule has 0 aliphatic heterocycles. The molecule has 0 saturated carbocycles. The number of pyridine rings is 1. The molecule has 1 amide bonds. The number of hydrogen-bond acceptors (Lipinski definition) is 4. The number of carbonyl (C=O) groups excluding carboxylic acids is 1. The van der Waals surface area contributed by atoms with Gasteiger partial charge in [0.2, 0.25) is 5.91 Å².